The molecule has 2 aliphatic rings. The number of ether oxygens (including phenoxy) is 1. The van der Waals surface area contributed by atoms with Crippen LogP contribution in [0.25, 0.3) is 0 Å². The average Bonchev–Trinajstić information content (AvgIpc) is 2.70. The monoisotopic (exact) mass is 270 g/mol. The zero-order valence-electron chi connectivity index (χ0n) is 10.7. The Kier molecular flexibility index (Phi) is 2.13. The molecule has 0 fully saturated rings. The van der Waals surface area contributed by atoms with Crippen molar-refractivity contribution in [3.8, 4) is 17.2 Å². The molecule has 0 radical (unpaired) electrons. The molecule has 0 aromatic heterocycles. The second-order valence-corrected chi connectivity index (χ2v) is 5.58. The number of para-hydroxylation sites is 1. The largest absolute Gasteiger partial charge is 0.508 e. The molecule has 0 spiro atoms. The van der Waals surface area contributed by atoms with Crippen LogP contribution in [0, 0.1) is 0 Å². The summed E-state index contributed by atoms with van der Waals surface area (Å²) in [7, 11) is 0. The molecule has 4 rings (SSSR count). The third-order valence-corrected chi connectivity index (χ3v) is 4.27. The van der Waals surface area contributed by atoms with E-state index in [1.54, 1.807) is 24.3 Å². The van der Waals surface area contributed by atoms with Gasteiger partial charge in [0.15, 0.2) is 11.5 Å². The fourth-order valence-corrected chi connectivity index (χ4v) is 3.46. The van der Waals surface area contributed by atoms with E-state index in [1.165, 1.54) is 0 Å². The number of benzene rings is 2. The van der Waals surface area contributed by atoms with E-state index in [-0.39, 0.29) is 24.0 Å². The molecule has 1 aliphatic carbocycles. The van der Waals surface area contributed by atoms with Crippen molar-refractivity contribution in [3.05, 3.63) is 53.1 Å². The Labute approximate surface area is 115 Å². The molecule has 0 saturated carbocycles. The summed E-state index contributed by atoms with van der Waals surface area (Å²) in [4.78, 5) is 0. The lowest BCUT2D eigenvalue weighted by molar-refractivity contribution is -0.0226. The van der Waals surface area contributed by atoms with Crippen molar-refractivity contribution < 1.29 is 20.1 Å². The van der Waals surface area contributed by atoms with Gasteiger partial charge in [0.25, 0.3) is 0 Å². The van der Waals surface area contributed by atoms with E-state index in [0.29, 0.717) is 12.2 Å². The van der Waals surface area contributed by atoms with Gasteiger partial charge < -0.3 is 20.1 Å². The van der Waals surface area contributed by atoms with Crippen LogP contribution in [0.3, 0.4) is 0 Å². The second kappa shape index (κ2) is 3.67. The number of hydrogen-bond donors (Lipinski definition) is 3. The van der Waals surface area contributed by atoms with Gasteiger partial charge >= 0.3 is 0 Å². The number of aliphatic hydroxyl groups is 1. The van der Waals surface area contributed by atoms with E-state index in [0.717, 1.165) is 16.7 Å². The van der Waals surface area contributed by atoms with Gasteiger partial charge in [-0.05, 0) is 29.3 Å². The first-order chi connectivity index (χ1) is 9.58. The Balaban J connectivity index is 1.96. The highest BCUT2D eigenvalue weighted by molar-refractivity contribution is 5.58. The number of phenolic OH excluding ortho intramolecular Hbond substituents is 2. The Morgan fingerprint density at radius 1 is 1.10 bits per heavy atom. The summed E-state index contributed by atoms with van der Waals surface area (Å²) in [5.74, 6) is 0.511. The van der Waals surface area contributed by atoms with E-state index < -0.39 is 5.60 Å². The van der Waals surface area contributed by atoms with Gasteiger partial charge in [-0.3, -0.25) is 0 Å². The molecular weight excluding hydrogens is 256 g/mol. The topological polar surface area (TPSA) is 69.9 Å². The van der Waals surface area contributed by atoms with Crippen molar-refractivity contribution in [2.75, 3.05) is 6.61 Å². The molecule has 0 bridgehead atoms. The Bertz CT molecular complexity index is 710. The van der Waals surface area contributed by atoms with Gasteiger partial charge in [-0.2, -0.15) is 0 Å². The molecule has 20 heavy (non-hydrogen) atoms. The molecule has 0 saturated heterocycles. The molecule has 2 aromatic carbocycles. The first kappa shape index (κ1) is 11.6. The molecule has 1 heterocycles. The minimum atomic E-state index is -1.02. The van der Waals surface area contributed by atoms with Gasteiger partial charge in [-0.25, -0.2) is 0 Å². The molecule has 2 aromatic rings. The van der Waals surface area contributed by atoms with Gasteiger partial charge in [0.1, 0.15) is 18.0 Å². The molecular formula is C16H14O4. The Hall–Kier alpha value is -2.20. The maximum atomic E-state index is 10.9. The van der Waals surface area contributed by atoms with Gasteiger partial charge in [-0.15, -0.1) is 0 Å². The van der Waals surface area contributed by atoms with Gasteiger partial charge in [0.05, 0.1) is 0 Å². The molecule has 102 valence electrons. The maximum absolute atomic E-state index is 10.9. The number of rotatable bonds is 0. The molecule has 0 amide bonds. The van der Waals surface area contributed by atoms with Crippen molar-refractivity contribution in [3.63, 3.8) is 0 Å². The third kappa shape index (κ3) is 1.40. The number of fused-ring (bicyclic) bond motifs is 5. The number of aromatic hydroxyl groups is 2. The zero-order chi connectivity index (χ0) is 13.9. The van der Waals surface area contributed by atoms with Crippen LogP contribution in [0.1, 0.15) is 22.6 Å². The zero-order valence-corrected chi connectivity index (χ0v) is 10.7. The van der Waals surface area contributed by atoms with Crippen LogP contribution >= 0.6 is 0 Å². The van der Waals surface area contributed by atoms with E-state index in [1.807, 2.05) is 12.1 Å². The summed E-state index contributed by atoms with van der Waals surface area (Å²) in [6.07, 6.45) is 0.441. The summed E-state index contributed by atoms with van der Waals surface area (Å²) >= 11 is 0. The van der Waals surface area contributed by atoms with Crippen molar-refractivity contribution in [2.24, 2.45) is 0 Å². The van der Waals surface area contributed by atoms with Crippen LogP contribution in [-0.2, 0) is 6.42 Å². The minimum Gasteiger partial charge on any atom is -0.508 e. The lowest BCUT2D eigenvalue weighted by atomic mass is 9.80. The van der Waals surface area contributed by atoms with Crippen molar-refractivity contribution >= 4 is 0 Å². The van der Waals surface area contributed by atoms with E-state index >= 15 is 0 Å². The maximum Gasteiger partial charge on any atom is 0.164 e. The predicted octanol–water partition coefficient (Wildman–Crippen LogP) is 1.91. The quantitative estimate of drug-likeness (QED) is 0.684. The summed E-state index contributed by atoms with van der Waals surface area (Å²) < 4.78 is 5.57. The van der Waals surface area contributed by atoms with Gasteiger partial charge in [0, 0.05) is 17.9 Å². The van der Waals surface area contributed by atoms with Crippen molar-refractivity contribution in [1.82, 2.24) is 0 Å². The molecule has 3 N–H and O–H groups in total. The van der Waals surface area contributed by atoms with Crippen molar-refractivity contribution in [2.45, 2.75) is 17.9 Å². The third-order valence-electron chi connectivity index (χ3n) is 4.27. The van der Waals surface area contributed by atoms with Crippen LogP contribution in [-0.4, -0.2) is 27.5 Å². The van der Waals surface area contributed by atoms with Crippen molar-refractivity contribution in [1.29, 1.82) is 0 Å². The Morgan fingerprint density at radius 2 is 1.95 bits per heavy atom. The number of phenols is 2. The Morgan fingerprint density at radius 3 is 2.80 bits per heavy atom. The molecule has 2 atom stereocenters. The summed E-state index contributed by atoms with van der Waals surface area (Å²) in [6, 6.07) is 10.4. The lowest BCUT2D eigenvalue weighted by Gasteiger charge is -2.36. The predicted molar refractivity (Wildman–Crippen MR) is 72.2 cm³/mol. The minimum absolute atomic E-state index is 0.0942. The van der Waals surface area contributed by atoms with E-state index in [2.05, 4.69) is 0 Å². The summed E-state index contributed by atoms with van der Waals surface area (Å²) in [5.41, 5.74) is 1.69. The molecule has 4 nitrogen and oxygen atoms in total. The van der Waals surface area contributed by atoms with Crippen LogP contribution in [0.4, 0.5) is 0 Å². The summed E-state index contributed by atoms with van der Waals surface area (Å²) in [5, 5.41) is 30.4. The highest BCUT2D eigenvalue weighted by Crippen LogP contribution is 2.53. The smallest absolute Gasteiger partial charge is 0.164 e. The van der Waals surface area contributed by atoms with E-state index in [4.69, 9.17) is 4.74 Å². The normalized spacial score (nSPS) is 26.4. The first-order valence-electron chi connectivity index (χ1n) is 6.57. The highest BCUT2D eigenvalue weighted by atomic mass is 16.5. The average molecular weight is 270 g/mol. The number of hydrogen-bond acceptors (Lipinski definition) is 4. The SMILES string of the molecule is Oc1ccc2c(c1)CC1(O)COc3c(O)cccc3C21. The van der Waals surface area contributed by atoms with Crippen LogP contribution in [0.5, 0.6) is 17.2 Å². The second-order valence-electron chi connectivity index (χ2n) is 5.58. The van der Waals surface area contributed by atoms with Crippen LogP contribution in [0.2, 0.25) is 0 Å². The van der Waals surface area contributed by atoms with Crippen LogP contribution in [0.15, 0.2) is 36.4 Å². The first-order valence-corrected chi connectivity index (χ1v) is 6.57. The van der Waals surface area contributed by atoms with E-state index in [9.17, 15) is 15.3 Å². The lowest BCUT2D eigenvalue weighted by Crippen LogP contribution is -2.43. The standard InChI is InChI=1S/C16H14O4/c17-10-4-5-11-9(6-10)7-16(19)8-20-15-12(14(11)16)2-1-3-13(15)18/h1-6,14,17-19H,7-8H2. The van der Waals surface area contributed by atoms with Gasteiger partial charge in [-0.1, -0.05) is 18.2 Å². The molecule has 2 unspecified atom stereocenters. The molecule has 1 aliphatic heterocycles. The fourth-order valence-electron chi connectivity index (χ4n) is 3.46. The van der Waals surface area contributed by atoms with Gasteiger partial charge in [0.2, 0.25) is 0 Å². The highest BCUT2D eigenvalue weighted by Gasteiger charge is 2.50. The van der Waals surface area contributed by atoms with Crippen LogP contribution < -0.4 is 4.74 Å². The summed E-state index contributed by atoms with van der Waals surface area (Å²) in [6.45, 7) is 0.137. The molecule has 4 heteroatoms. The fraction of sp³-hybridized carbons (Fsp3) is 0.250.